The number of benzene rings is 1. The Morgan fingerprint density at radius 3 is 2.67 bits per heavy atom. The number of aromatic nitrogens is 3. The summed E-state index contributed by atoms with van der Waals surface area (Å²) in [6.07, 6.45) is 4.89. The van der Waals surface area contributed by atoms with Gasteiger partial charge < -0.3 is 16.0 Å². The van der Waals surface area contributed by atoms with Gasteiger partial charge in [-0.25, -0.2) is 9.97 Å². The molecule has 104 valence electrons. The third-order valence-electron chi connectivity index (χ3n) is 3.01. The molecule has 0 aliphatic heterocycles. The Labute approximate surface area is 121 Å². The number of anilines is 2. The number of nitrogens with zero attached hydrogens (tertiary/aromatic N) is 2. The molecule has 1 amide bonds. The Kier molecular flexibility index (Phi) is 3.34. The molecule has 2 aromatic heterocycles. The number of imidazole rings is 1. The standard InChI is InChI=1S/C15H13N5O/c16-12-2-1-7-18-14(12)15(21)20-11-5-3-10(4-6-11)13-8-17-9-19-13/h1-9H,16H2,(H,17,19)(H,20,21). The zero-order chi connectivity index (χ0) is 14.7. The van der Waals surface area contributed by atoms with Crippen molar-refractivity contribution in [3.05, 3.63) is 60.8 Å². The molecule has 0 saturated carbocycles. The highest BCUT2D eigenvalue weighted by molar-refractivity contribution is 6.06. The van der Waals surface area contributed by atoms with Gasteiger partial charge in [-0.05, 0) is 29.8 Å². The number of carbonyl (C=O) groups is 1. The van der Waals surface area contributed by atoms with Crippen LogP contribution in [0.4, 0.5) is 11.4 Å². The lowest BCUT2D eigenvalue weighted by Gasteiger charge is -2.07. The van der Waals surface area contributed by atoms with E-state index in [2.05, 4.69) is 20.3 Å². The highest BCUT2D eigenvalue weighted by atomic mass is 16.1. The van der Waals surface area contributed by atoms with Crippen LogP contribution in [0.15, 0.2) is 55.1 Å². The van der Waals surface area contributed by atoms with E-state index in [1.807, 2.05) is 24.3 Å². The van der Waals surface area contributed by atoms with Crippen molar-refractivity contribution in [2.45, 2.75) is 0 Å². The second-order valence-electron chi connectivity index (χ2n) is 4.44. The van der Waals surface area contributed by atoms with Crippen LogP contribution in [0.3, 0.4) is 0 Å². The van der Waals surface area contributed by atoms with Crippen LogP contribution >= 0.6 is 0 Å². The first-order valence-corrected chi connectivity index (χ1v) is 6.35. The lowest BCUT2D eigenvalue weighted by atomic mass is 10.1. The molecule has 0 aliphatic carbocycles. The van der Waals surface area contributed by atoms with Gasteiger partial charge in [0.1, 0.15) is 0 Å². The first kappa shape index (κ1) is 12.9. The van der Waals surface area contributed by atoms with E-state index in [1.54, 1.807) is 24.7 Å². The van der Waals surface area contributed by atoms with E-state index in [1.165, 1.54) is 6.20 Å². The van der Waals surface area contributed by atoms with Crippen LogP contribution in [0.1, 0.15) is 10.5 Å². The van der Waals surface area contributed by atoms with Crippen LogP contribution < -0.4 is 11.1 Å². The minimum absolute atomic E-state index is 0.218. The van der Waals surface area contributed by atoms with Gasteiger partial charge in [0.2, 0.25) is 0 Å². The van der Waals surface area contributed by atoms with E-state index in [9.17, 15) is 4.79 Å². The van der Waals surface area contributed by atoms with Crippen molar-refractivity contribution < 1.29 is 4.79 Å². The average molecular weight is 279 g/mol. The van der Waals surface area contributed by atoms with Crippen molar-refractivity contribution in [2.24, 2.45) is 0 Å². The number of H-pyrrole nitrogens is 1. The molecule has 4 N–H and O–H groups in total. The molecule has 0 unspecified atom stereocenters. The smallest absolute Gasteiger partial charge is 0.276 e. The van der Waals surface area contributed by atoms with Crippen molar-refractivity contribution in [3.63, 3.8) is 0 Å². The summed E-state index contributed by atoms with van der Waals surface area (Å²) in [5, 5.41) is 2.76. The number of aromatic amines is 1. The molecule has 1 aromatic carbocycles. The van der Waals surface area contributed by atoms with Crippen molar-refractivity contribution in [2.75, 3.05) is 11.1 Å². The summed E-state index contributed by atoms with van der Waals surface area (Å²) < 4.78 is 0. The lowest BCUT2D eigenvalue weighted by Crippen LogP contribution is -2.15. The van der Waals surface area contributed by atoms with E-state index < -0.39 is 0 Å². The number of hydrogen-bond acceptors (Lipinski definition) is 4. The van der Waals surface area contributed by atoms with E-state index in [4.69, 9.17) is 5.73 Å². The maximum Gasteiger partial charge on any atom is 0.276 e. The molecule has 6 heteroatoms. The minimum Gasteiger partial charge on any atom is -0.397 e. The molecule has 3 rings (SSSR count). The molecule has 3 aromatic rings. The molecule has 21 heavy (non-hydrogen) atoms. The summed E-state index contributed by atoms with van der Waals surface area (Å²) in [5.74, 6) is -0.331. The topological polar surface area (TPSA) is 96.7 Å². The zero-order valence-electron chi connectivity index (χ0n) is 11.1. The van der Waals surface area contributed by atoms with Crippen molar-refractivity contribution in [3.8, 4) is 11.3 Å². The quantitative estimate of drug-likeness (QED) is 0.685. The van der Waals surface area contributed by atoms with Gasteiger partial charge in [0.15, 0.2) is 5.69 Å². The molecule has 0 aliphatic rings. The predicted molar refractivity (Wildman–Crippen MR) is 80.6 cm³/mol. The summed E-state index contributed by atoms with van der Waals surface area (Å²) in [7, 11) is 0. The fraction of sp³-hybridized carbons (Fsp3) is 0. The number of carbonyl (C=O) groups excluding carboxylic acids is 1. The Hall–Kier alpha value is -3.15. The number of nitrogens with one attached hydrogen (secondary N) is 2. The summed E-state index contributed by atoms with van der Waals surface area (Å²) in [5.41, 5.74) is 8.88. The van der Waals surface area contributed by atoms with Crippen LogP contribution in [0.5, 0.6) is 0 Å². The van der Waals surface area contributed by atoms with Gasteiger partial charge in [0.05, 0.1) is 23.9 Å². The maximum atomic E-state index is 12.1. The second kappa shape index (κ2) is 5.46. The Morgan fingerprint density at radius 2 is 2.00 bits per heavy atom. The van der Waals surface area contributed by atoms with E-state index >= 15 is 0 Å². The SMILES string of the molecule is Nc1cccnc1C(=O)Nc1ccc(-c2cnc[nH]2)cc1. The molecule has 0 atom stereocenters. The third-order valence-corrected chi connectivity index (χ3v) is 3.01. The fourth-order valence-electron chi connectivity index (χ4n) is 1.94. The van der Waals surface area contributed by atoms with E-state index in [0.717, 1.165) is 11.3 Å². The van der Waals surface area contributed by atoms with Crippen LogP contribution in [-0.4, -0.2) is 20.9 Å². The van der Waals surface area contributed by atoms with Crippen LogP contribution in [0.2, 0.25) is 0 Å². The summed E-state index contributed by atoms with van der Waals surface area (Å²) in [4.78, 5) is 23.1. The summed E-state index contributed by atoms with van der Waals surface area (Å²) >= 11 is 0. The monoisotopic (exact) mass is 279 g/mol. The van der Waals surface area contributed by atoms with Crippen LogP contribution in [0, 0.1) is 0 Å². The first-order chi connectivity index (χ1) is 10.2. The van der Waals surface area contributed by atoms with Crippen molar-refractivity contribution in [1.29, 1.82) is 0 Å². The van der Waals surface area contributed by atoms with E-state index in [0.29, 0.717) is 11.4 Å². The molecule has 0 fully saturated rings. The Balaban J connectivity index is 1.77. The molecule has 0 saturated heterocycles. The van der Waals surface area contributed by atoms with Gasteiger partial charge in [-0.1, -0.05) is 12.1 Å². The van der Waals surface area contributed by atoms with Crippen molar-refractivity contribution >= 4 is 17.3 Å². The normalized spacial score (nSPS) is 10.3. The highest BCUT2D eigenvalue weighted by Crippen LogP contribution is 2.19. The summed E-state index contributed by atoms with van der Waals surface area (Å²) in [6, 6.07) is 10.7. The average Bonchev–Trinajstić information content (AvgIpc) is 3.02. The maximum absolute atomic E-state index is 12.1. The first-order valence-electron chi connectivity index (χ1n) is 6.35. The molecular weight excluding hydrogens is 266 g/mol. The van der Waals surface area contributed by atoms with Crippen molar-refractivity contribution in [1.82, 2.24) is 15.0 Å². The Bertz CT molecular complexity index is 750. The fourth-order valence-corrected chi connectivity index (χ4v) is 1.94. The minimum atomic E-state index is -0.331. The molecule has 0 spiro atoms. The molecule has 6 nitrogen and oxygen atoms in total. The van der Waals surface area contributed by atoms with Gasteiger partial charge in [-0.2, -0.15) is 0 Å². The Morgan fingerprint density at radius 1 is 1.19 bits per heavy atom. The van der Waals surface area contributed by atoms with Gasteiger partial charge in [-0.15, -0.1) is 0 Å². The second-order valence-corrected chi connectivity index (χ2v) is 4.44. The van der Waals surface area contributed by atoms with Crippen LogP contribution in [0.25, 0.3) is 11.3 Å². The predicted octanol–water partition coefficient (Wildman–Crippen LogP) is 2.31. The highest BCUT2D eigenvalue weighted by Gasteiger charge is 2.10. The zero-order valence-corrected chi connectivity index (χ0v) is 11.1. The number of rotatable bonds is 3. The number of amides is 1. The van der Waals surface area contributed by atoms with Crippen LogP contribution in [-0.2, 0) is 0 Å². The van der Waals surface area contributed by atoms with E-state index in [-0.39, 0.29) is 11.6 Å². The lowest BCUT2D eigenvalue weighted by molar-refractivity contribution is 0.102. The molecule has 0 radical (unpaired) electrons. The van der Waals surface area contributed by atoms with Gasteiger partial charge in [-0.3, -0.25) is 4.79 Å². The molecule has 0 bridgehead atoms. The molecular formula is C15H13N5O. The number of nitrogens with two attached hydrogens (primary N) is 1. The third kappa shape index (κ3) is 2.74. The molecule has 2 heterocycles. The van der Waals surface area contributed by atoms with Gasteiger partial charge >= 0.3 is 0 Å². The number of hydrogen-bond donors (Lipinski definition) is 3. The van der Waals surface area contributed by atoms with Gasteiger partial charge in [0, 0.05) is 11.9 Å². The largest absolute Gasteiger partial charge is 0.397 e. The number of pyridine rings is 1. The van der Waals surface area contributed by atoms with Gasteiger partial charge in [0.25, 0.3) is 5.91 Å². The number of nitrogen functional groups attached to an aromatic ring is 1. The summed E-state index contributed by atoms with van der Waals surface area (Å²) in [6.45, 7) is 0.